The SMILES string of the molecule is CCOC(=O)Cn1c(=O)n(CCCN2CCN(C(c3ccccc3)c3ccccc3)CC2)c2ccccc21. The van der Waals surface area contributed by atoms with E-state index in [1.54, 1.807) is 11.5 Å². The lowest BCUT2D eigenvalue weighted by atomic mass is 9.96. The first kappa shape index (κ1) is 25.9. The molecule has 1 saturated heterocycles. The van der Waals surface area contributed by atoms with Crippen molar-refractivity contribution in [2.45, 2.75) is 32.5 Å². The zero-order valence-corrected chi connectivity index (χ0v) is 22.0. The summed E-state index contributed by atoms with van der Waals surface area (Å²) < 4.78 is 8.41. The van der Waals surface area contributed by atoms with Gasteiger partial charge in [0.2, 0.25) is 0 Å². The van der Waals surface area contributed by atoms with Crippen molar-refractivity contribution in [1.29, 1.82) is 0 Å². The summed E-state index contributed by atoms with van der Waals surface area (Å²) in [5, 5.41) is 0. The first-order chi connectivity index (χ1) is 18.7. The van der Waals surface area contributed by atoms with E-state index in [4.69, 9.17) is 4.74 Å². The highest BCUT2D eigenvalue weighted by Gasteiger charge is 2.26. The van der Waals surface area contributed by atoms with Crippen LogP contribution in [0.1, 0.15) is 30.5 Å². The van der Waals surface area contributed by atoms with Crippen LogP contribution >= 0.6 is 0 Å². The van der Waals surface area contributed by atoms with E-state index < -0.39 is 0 Å². The fraction of sp³-hybridized carbons (Fsp3) is 0.355. The molecule has 0 bridgehead atoms. The standard InChI is InChI=1S/C31H36N4O3/c1-2-38-29(36)24-35-28-17-10-9-16-27(28)34(31(35)37)19-11-18-32-20-22-33(23-21-32)30(25-12-5-3-6-13-25)26-14-7-4-8-15-26/h3-10,12-17,30H,2,11,18-24H2,1H3. The number of carbonyl (C=O) groups excluding carboxylic acids is 1. The number of imidazole rings is 1. The minimum atomic E-state index is -0.389. The lowest BCUT2D eigenvalue weighted by Gasteiger charge is -2.39. The van der Waals surface area contributed by atoms with Crippen molar-refractivity contribution in [2.24, 2.45) is 0 Å². The van der Waals surface area contributed by atoms with Crippen LogP contribution in [0.3, 0.4) is 0 Å². The maximum absolute atomic E-state index is 13.2. The monoisotopic (exact) mass is 512 g/mol. The summed E-state index contributed by atoms with van der Waals surface area (Å²) in [6, 6.07) is 29.4. The van der Waals surface area contributed by atoms with E-state index in [0.29, 0.717) is 13.2 Å². The molecule has 0 spiro atoms. The second kappa shape index (κ2) is 12.2. The molecule has 0 amide bonds. The summed E-state index contributed by atoms with van der Waals surface area (Å²) >= 11 is 0. The number of aryl methyl sites for hydroxylation is 1. The largest absolute Gasteiger partial charge is 0.465 e. The topological polar surface area (TPSA) is 59.7 Å². The quantitative estimate of drug-likeness (QED) is 0.299. The van der Waals surface area contributed by atoms with Gasteiger partial charge in [-0.25, -0.2) is 4.79 Å². The molecule has 1 aromatic heterocycles. The van der Waals surface area contributed by atoms with Crippen molar-refractivity contribution in [3.63, 3.8) is 0 Å². The van der Waals surface area contributed by atoms with E-state index in [-0.39, 0.29) is 24.2 Å². The molecule has 0 saturated carbocycles. The van der Waals surface area contributed by atoms with Crippen molar-refractivity contribution in [2.75, 3.05) is 39.3 Å². The normalized spacial score (nSPS) is 14.8. The van der Waals surface area contributed by atoms with E-state index in [2.05, 4.69) is 70.5 Å². The minimum Gasteiger partial charge on any atom is -0.465 e. The van der Waals surface area contributed by atoms with Gasteiger partial charge in [-0.2, -0.15) is 0 Å². The molecule has 1 aliphatic heterocycles. The number of ether oxygens (including phenoxy) is 1. The number of rotatable bonds is 10. The Labute approximate surface area is 223 Å². The van der Waals surface area contributed by atoms with Crippen molar-refractivity contribution < 1.29 is 9.53 Å². The van der Waals surface area contributed by atoms with Crippen LogP contribution in [0.4, 0.5) is 0 Å². The first-order valence-electron chi connectivity index (χ1n) is 13.6. The van der Waals surface area contributed by atoms with E-state index >= 15 is 0 Å². The van der Waals surface area contributed by atoms with Gasteiger partial charge in [0.05, 0.1) is 23.7 Å². The molecule has 0 unspecified atom stereocenters. The molecule has 4 aromatic rings. The maximum atomic E-state index is 13.2. The molecular weight excluding hydrogens is 476 g/mol. The van der Waals surface area contributed by atoms with Gasteiger partial charge in [-0.1, -0.05) is 72.8 Å². The molecule has 0 radical (unpaired) electrons. The molecule has 7 nitrogen and oxygen atoms in total. The lowest BCUT2D eigenvalue weighted by Crippen LogP contribution is -2.48. The van der Waals surface area contributed by atoms with Gasteiger partial charge in [0.15, 0.2) is 0 Å². The highest BCUT2D eigenvalue weighted by Crippen LogP contribution is 2.29. The Hall–Kier alpha value is -3.68. The predicted molar refractivity (Wildman–Crippen MR) is 150 cm³/mol. The van der Waals surface area contributed by atoms with Gasteiger partial charge >= 0.3 is 11.7 Å². The molecule has 38 heavy (non-hydrogen) atoms. The molecule has 198 valence electrons. The zero-order valence-electron chi connectivity index (χ0n) is 22.0. The van der Waals surface area contributed by atoms with Crippen LogP contribution in [-0.2, 0) is 22.6 Å². The van der Waals surface area contributed by atoms with Crippen molar-refractivity contribution >= 4 is 17.0 Å². The molecule has 3 aromatic carbocycles. The summed E-state index contributed by atoms with van der Waals surface area (Å²) in [6.45, 7) is 7.53. The number of hydrogen-bond acceptors (Lipinski definition) is 5. The second-order valence-electron chi connectivity index (χ2n) is 9.77. The van der Waals surface area contributed by atoms with Gasteiger partial charge in [0.1, 0.15) is 6.54 Å². The Balaban J connectivity index is 1.22. The Bertz CT molecular complexity index is 1350. The molecule has 1 aliphatic rings. The number of fused-ring (bicyclic) bond motifs is 1. The maximum Gasteiger partial charge on any atom is 0.329 e. The van der Waals surface area contributed by atoms with Crippen LogP contribution in [0, 0.1) is 0 Å². The molecule has 0 aliphatic carbocycles. The number of carbonyl (C=O) groups is 1. The van der Waals surface area contributed by atoms with Gasteiger partial charge in [0.25, 0.3) is 0 Å². The van der Waals surface area contributed by atoms with E-state index in [1.165, 1.54) is 15.7 Å². The second-order valence-corrected chi connectivity index (χ2v) is 9.77. The number of nitrogens with zero attached hydrogens (tertiary/aromatic N) is 4. The molecule has 2 heterocycles. The van der Waals surface area contributed by atoms with E-state index in [0.717, 1.165) is 50.2 Å². The molecule has 1 fully saturated rings. The number of aromatic nitrogens is 2. The van der Waals surface area contributed by atoms with Crippen LogP contribution in [0.25, 0.3) is 11.0 Å². The summed E-state index contributed by atoms with van der Waals surface area (Å²) in [6.07, 6.45) is 0.869. The summed E-state index contributed by atoms with van der Waals surface area (Å²) in [5.41, 5.74) is 4.13. The van der Waals surface area contributed by atoms with Crippen LogP contribution in [-0.4, -0.2) is 64.2 Å². The highest BCUT2D eigenvalue weighted by molar-refractivity contribution is 5.78. The molecule has 0 atom stereocenters. The van der Waals surface area contributed by atoms with Crippen LogP contribution in [0.5, 0.6) is 0 Å². The van der Waals surface area contributed by atoms with Crippen molar-refractivity contribution in [3.05, 3.63) is 107 Å². The van der Waals surface area contributed by atoms with Crippen molar-refractivity contribution in [3.8, 4) is 0 Å². The van der Waals surface area contributed by atoms with Crippen LogP contribution in [0.2, 0.25) is 0 Å². The number of benzene rings is 3. The molecule has 7 heteroatoms. The molecule has 0 N–H and O–H groups in total. The Morgan fingerprint density at radius 1 is 0.763 bits per heavy atom. The third-order valence-corrected chi connectivity index (χ3v) is 7.38. The molecular formula is C31H36N4O3. The third kappa shape index (κ3) is 5.74. The third-order valence-electron chi connectivity index (χ3n) is 7.38. The van der Waals surface area contributed by atoms with Crippen molar-refractivity contribution in [1.82, 2.24) is 18.9 Å². The lowest BCUT2D eigenvalue weighted by molar-refractivity contribution is -0.143. The number of hydrogen-bond donors (Lipinski definition) is 0. The summed E-state index contributed by atoms with van der Waals surface area (Å²) in [4.78, 5) is 30.4. The minimum absolute atomic E-state index is 0.0634. The Morgan fingerprint density at radius 2 is 1.32 bits per heavy atom. The summed E-state index contributed by atoms with van der Waals surface area (Å²) in [5.74, 6) is -0.389. The summed E-state index contributed by atoms with van der Waals surface area (Å²) in [7, 11) is 0. The van der Waals surface area contributed by atoms with Crippen LogP contribution < -0.4 is 5.69 Å². The van der Waals surface area contributed by atoms with Gasteiger partial charge in [-0.05, 0) is 43.1 Å². The van der Waals surface area contributed by atoms with Gasteiger partial charge in [-0.3, -0.25) is 18.8 Å². The van der Waals surface area contributed by atoms with Gasteiger partial charge < -0.3 is 9.64 Å². The van der Waals surface area contributed by atoms with Gasteiger partial charge in [-0.15, -0.1) is 0 Å². The van der Waals surface area contributed by atoms with Crippen LogP contribution in [0.15, 0.2) is 89.7 Å². The Kier molecular flexibility index (Phi) is 8.36. The predicted octanol–water partition coefficient (Wildman–Crippen LogP) is 4.16. The smallest absolute Gasteiger partial charge is 0.329 e. The number of piperazine rings is 1. The average molecular weight is 513 g/mol. The average Bonchev–Trinajstić information content (AvgIpc) is 3.21. The van der Waals surface area contributed by atoms with E-state index in [1.807, 2.05) is 24.3 Å². The molecule has 5 rings (SSSR count). The fourth-order valence-electron chi connectivity index (χ4n) is 5.56. The van der Waals surface area contributed by atoms with E-state index in [9.17, 15) is 9.59 Å². The fourth-order valence-corrected chi connectivity index (χ4v) is 5.56. The van der Waals surface area contributed by atoms with Gasteiger partial charge in [0, 0.05) is 32.7 Å². The number of esters is 1. The Morgan fingerprint density at radius 3 is 1.89 bits per heavy atom. The number of para-hydroxylation sites is 2. The zero-order chi connectivity index (χ0) is 26.3. The highest BCUT2D eigenvalue weighted by atomic mass is 16.5. The first-order valence-corrected chi connectivity index (χ1v) is 13.6.